The van der Waals surface area contributed by atoms with E-state index in [1.807, 2.05) is 24.3 Å². The fraction of sp³-hybridized carbons (Fsp3) is 0.357. The number of hydrogen-bond acceptors (Lipinski definition) is 7. The molecule has 1 fully saturated rings. The summed E-state index contributed by atoms with van der Waals surface area (Å²) in [6, 6.07) is 7.91. The summed E-state index contributed by atoms with van der Waals surface area (Å²) in [5.74, 6) is 3.99. The summed E-state index contributed by atoms with van der Waals surface area (Å²) in [4.78, 5) is 16.4. The van der Waals surface area contributed by atoms with Gasteiger partial charge >= 0.3 is 5.97 Å². The second kappa shape index (κ2) is 7.39. The number of rotatable bonds is 5. The Morgan fingerprint density at radius 3 is 2.32 bits per heavy atom. The number of piperazine rings is 1. The zero-order valence-electron chi connectivity index (χ0n) is 12.5. The van der Waals surface area contributed by atoms with Crippen LogP contribution in [0.15, 0.2) is 39.9 Å². The molecular weight excluding hydrogens is 302 g/mol. The number of aliphatic carboxylic acids is 1. The Morgan fingerprint density at radius 2 is 1.82 bits per heavy atom. The van der Waals surface area contributed by atoms with Crippen molar-refractivity contribution in [2.75, 3.05) is 38.1 Å². The van der Waals surface area contributed by atoms with Crippen LogP contribution in [-0.4, -0.2) is 49.2 Å². The highest BCUT2D eigenvalue weighted by atomic mass is 32.2. The van der Waals surface area contributed by atoms with Crippen LogP contribution >= 0.6 is 11.8 Å². The molecule has 0 spiro atoms. The molecule has 120 valence electrons. The van der Waals surface area contributed by atoms with Crippen LogP contribution in [0.2, 0.25) is 0 Å². The number of carboxylic acid groups (broad SMARTS) is 1. The molecule has 1 aliphatic rings. The molecule has 0 aliphatic carbocycles. The number of hydrogen-bond donors (Lipinski definition) is 4. The van der Waals surface area contributed by atoms with E-state index in [4.69, 9.17) is 16.7 Å². The zero-order valence-corrected chi connectivity index (χ0v) is 13.3. The van der Waals surface area contributed by atoms with E-state index >= 15 is 0 Å². The van der Waals surface area contributed by atoms with E-state index in [0.29, 0.717) is 0 Å². The van der Waals surface area contributed by atoms with Gasteiger partial charge in [0.1, 0.15) is 5.03 Å². The van der Waals surface area contributed by atoms with Crippen LogP contribution in [0.25, 0.3) is 0 Å². The average molecular weight is 323 g/mol. The van der Waals surface area contributed by atoms with Gasteiger partial charge in [-0.3, -0.25) is 5.84 Å². The number of hydrazine groups is 1. The maximum atomic E-state index is 10.9. The van der Waals surface area contributed by atoms with Crippen LogP contribution in [0.1, 0.15) is 0 Å². The molecule has 1 saturated heterocycles. The quantitative estimate of drug-likeness (QED) is 0.263. The van der Waals surface area contributed by atoms with Crippen LogP contribution in [0.3, 0.4) is 0 Å². The van der Waals surface area contributed by atoms with E-state index in [0.717, 1.165) is 36.8 Å². The molecule has 22 heavy (non-hydrogen) atoms. The van der Waals surface area contributed by atoms with Gasteiger partial charge in [0, 0.05) is 36.8 Å². The van der Waals surface area contributed by atoms with Gasteiger partial charge in [-0.1, -0.05) is 11.8 Å². The summed E-state index contributed by atoms with van der Waals surface area (Å²) in [5, 5.41) is 9.08. The largest absolute Gasteiger partial charge is 0.476 e. The molecule has 8 heteroatoms. The lowest BCUT2D eigenvalue weighted by molar-refractivity contribution is -0.133. The second-order valence-corrected chi connectivity index (χ2v) is 6.19. The minimum Gasteiger partial charge on any atom is -0.476 e. The van der Waals surface area contributed by atoms with Gasteiger partial charge in [0.25, 0.3) is 0 Å². The highest BCUT2D eigenvalue weighted by molar-refractivity contribution is 8.03. The van der Waals surface area contributed by atoms with E-state index in [2.05, 4.69) is 22.3 Å². The number of benzene rings is 1. The predicted molar refractivity (Wildman–Crippen MR) is 88.2 cm³/mol. The van der Waals surface area contributed by atoms with Crippen molar-refractivity contribution in [1.29, 1.82) is 0 Å². The molecule has 0 aromatic heterocycles. The van der Waals surface area contributed by atoms with Crippen molar-refractivity contribution < 1.29 is 9.90 Å². The minimum atomic E-state index is -1.18. The van der Waals surface area contributed by atoms with Crippen molar-refractivity contribution in [3.63, 3.8) is 0 Å². The Labute approximate surface area is 133 Å². The second-order valence-electron chi connectivity index (χ2n) is 5.08. The lowest BCUT2D eigenvalue weighted by atomic mass is 10.2. The van der Waals surface area contributed by atoms with E-state index in [9.17, 15) is 4.79 Å². The van der Waals surface area contributed by atoms with E-state index in [1.165, 1.54) is 11.8 Å². The third kappa shape index (κ3) is 4.06. The first-order chi connectivity index (χ1) is 10.5. The van der Waals surface area contributed by atoms with Crippen molar-refractivity contribution in [3.8, 4) is 0 Å². The molecule has 6 N–H and O–H groups in total. The summed E-state index contributed by atoms with van der Waals surface area (Å²) >= 11 is 1.17. The highest BCUT2D eigenvalue weighted by Crippen LogP contribution is 2.27. The molecule has 1 aliphatic heterocycles. The van der Waals surface area contributed by atoms with Crippen LogP contribution in [0.5, 0.6) is 0 Å². The van der Waals surface area contributed by atoms with E-state index < -0.39 is 5.97 Å². The van der Waals surface area contributed by atoms with Crippen molar-refractivity contribution in [2.45, 2.75) is 4.90 Å². The Balaban J connectivity index is 2.04. The van der Waals surface area contributed by atoms with Gasteiger partial charge in [0.2, 0.25) is 0 Å². The maximum Gasteiger partial charge on any atom is 0.356 e. The molecule has 2 rings (SSSR count). The van der Waals surface area contributed by atoms with E-state index in [-0.39, 0.29) is 10.7 Å². The smallest absolute Gasteiger partial charge is 0.356 e. The zero-order chi connectivity index (χ0) is 16.1. The molecular formula is C14H21N5O2S. The Bertz CT molecular complexity index is 553. The average Bonchev–Trinajstić information content (AvgIpc) is 2.49. The number of thioether (sulfide) groups is 1. The van der Waals surface area contributed by atoms with Crippen LogP contribution in [0.4, 0.5) is 5.69 Å². The Hall–Kier alpha value is -1.90. The summed E-state index contributed by atoms with van der Waals surface area (Å²) in [6.45, 7) is 4.11. The van der Waals surface area contributed by atoms with E-state index in [1.54, 1.807) is 0 Å². The summed E-state index contributed by atoms with van der Waals surface area (Å²) in [6.07, 6.45) is 0. The van der Waals surface area contributed by atoms with Gasteiger partial charge in [0.05, 0.1) is 0 Å². The van der Waals surface area contributed by atoms with Crippen LogP contribution < -0.4 is 21.9 Å². The first-order valence-corrected chi connectivity index (χ1v) is 7.74. The summed E-state index contributed by atoms with van der Waals surface area (Å²) in [7, 11) is 2.12. The number of carboxylic acids is 1. The summed E-state index contributed by atoms with van der Waals surface area (Å²) in [5.41, 5.74) is 8.83. The molecule has 0 amide bonds. The van der Waals surface area contributed by atoms with Gasteiger partial charge in [-0.15, -0.1) is 0 Å². The lowest BCUT2D eigenvalue weighted by Crippen LogP contribution is -2.44. The van der Waals surface area contributed by atoms with Crippen molar-refractivity contribution >= 4 is 23.4 Å². The van der Waals surface area contributed by atoms with Gasteiger partial charge in [-0.2, -0.15) is 0 Å². The molecule has 7 nitrogen and oxygen atoms in total. The molecule has 0 saturated carbocycles. The van der Waals surface area contributed by atoms with Gasteiger partial charge < -0.3 is 26.1 Å². The SMILES string of the molecule is CN1CCN(c2ccc(S/C(N)=C(/NN)C(=O)O)cc2)CC1. The monoisotopic (exact) mass is 323 g/mol. The minimum absolute atomic E-state index is 0.127. The highest BCUT2D eigenvalue weighted by Gasteiger charge is 2.15. The molecule has 0 atom stereocenters. The number of nitrogens with zero attached hydrogens (tertiary/aromatic N) is 2. The number of anilines is 1. The third-order valence-electron chi connectivity index (χ3n) is 3.54. The third-order valence-corrected chi connectivity index (χ3v) is 4.47. The molecule has 0 radical (unpaired) electrons. The van der Waals surface area contributed by atoms with Crippen molar-refractivity contribution in [3.05, 3.63) is 35.0 Å². The Kier molecular flexibility index (Phi) is 5.53. The molecule has 0 unspecified atom stereocenters. The van der Waals surface area contributed by atoms with Crippen molar-refractivity contribution in [1.82, 2.24) is 10.3 Å². The topological polar surface area (TPSA) is 108 Å². The first kappa shape index (κ1) is 16.5. The molecule has 0 bridgehead atoms. The molecule has 1 heterocycles. The predicted octanol–water partition coefficient (Wildman–Crippen LogP) is 0.206. The number of carbonyl (C=O) groups is 1. The fourth-order valence-corrected chi connectivity index (χ4v) is 2.98. The van der Waals surface area contributed by atoms with Gasteiger partial charge in [0.15, 0.2) is 5.70 Å². The standard InChI is InChI=1S/C14H21N5O2S/c1-18-6-8-19(9-7-18)10-2-4-11(5-3-10)22-13(15)12(17-16)14(20)21/h2-5,17H,6-9,15-16H2,1H3,(H,20,21)/b13-12+. The molecule has 1 aromatic rings. The van der Waals surface area contributed by atoms with Crippen molar-refractivity contribution in [2.24, 2.45) is 11.6 Å². The Morgan fingerprint density at radius 1 is 1.23 bits per heavy atom. The van der Waals surface area contributed by atoms with Gasteiger partial charge in [-0.25, -0.2) is 4.79 Å². The van der Waals surface area contributed by atoms with Gasteiger partial charge in [-0.05, 0) is 31.3 Å². The lowest BCUT2D eigenvalue weighted by Gasteiger charge is -2.34. The van der Waals surface area contributed by atoms with Crippen LogP contribution in [0, 0.1) is 0 Å². The summed E-state index contributed by atoms with van der Waals surface area (Å²) < 4.78 is 0. The van der Waals surface area contributed by atoms with Crippen LogP contribution in [-0.2, 0) is 4.79 Å². The molecule has 1 aromatic carbocycles. The number of nitrogens with two attached hydrogens (primary N) is 2. The number of nitrogens with one attached hydrogen (secondary N) is 1. The first-order valence-electron chi connectivity index (χ1n) is 6.92. The fourth-order valence-electron chi connectivity index (χ4n) is 2.21. The maximum absolute atomic E-state index is 10.9. The number of likely N-dealkylation sites (N-methyl/N-ethyl adjacent to an activating group) is 1. The normalized spacial score (nSPS) is 17.1.